The van der Waals surface area contributed by atoms with Crippen molar-refractivity contribution in [3.05, 3.63) is 35.4 Å². The zero-order valence-corrected chi connectivity index (χ0v) is 15.4. The number of aliphatic carboxylic acids is 1. The number of carbonyl (C=O) groups is 3. The molecule has 0 saturated heterocycles. The van der Waals surface area contributed by atoms with E-state index >= 15 is 0 Å². The molecule has 138 valence electrons. The molecule has 0 unspecified atom stereocenters. The summed E-state index contributed by atoms with van der Waals surface area (Å²) in [6, 6.07) is 5.45. The molecule has 2 N–H and O–H groups in total. The fourth-order valence-electron chi connectivity index (χ4n) is 2.57. The van der Waals surface area contributed by atoms with Crippen LogP contribution in [0, 0.1) is 5.92 Å². The summed E-state index contributed by atoms with van der Waals surface area (Å²) >= 11 is 0. The number of benzene rings is 1. The Morgan fingerprint density at radius 3 is 2.12 bits per heavy atom. The van der Waals surface area contributed by atoms with Crippen molar-refractivity contribution in [2.75, 3.05) is 13.1 Å². The van der Waals surface area contributed by atoms with Crippen molar-refractivity contribution in [1.82, 2.24) is 10.2 Å². The summed E-state index contributed by atoms with van der Waals surface area (Å²) < 4.78 is 0. The summed E-state index contributed by atoms with van der Waals surface area (Å²) in [4.78, 5) is 38.0. The van der Waals surface area contributed by atoms with Crippen LogP contribution in [0.4, 0.5) is 0 Å². The molecule has 1 rings (SSSR count). The van der Waals surface area contributed by atoms with Crippen LogP contribution in [0.2, 0.25) is 0 Å². The lowest BCUT2D eigenvalue weighted by atomic mass is 10.0. The molecular weight excluding hydrogens is 320 g/mol. The average Bonchev–Trinajstić information content (AvgIpc) is 2.58. The van der Waals surface area contributed by atoms with Gasteiger partial charge in [0.05, 0.1) is 0 Å². The maximum absolute atomic E-state index is 12.6. The standard InChI is InChI=1S/C19H28N2O4/c1-5-10-21(11-6-2)18(23)15-9-7-8-14(12-15)17(22)20-16(13(3)4)19(24)25/h7-9,12-13,16H,5-6,10-11H2,1-4H3,(H,20,22)(H,24,25)/t16-/m0/s1. The molecule has 0 aliphatic rings. The highest BCUT2D eigenvalue weighted by molar-refractivity contribution is 6.00. The van der Waals surface area contributed by atoms with Crippen molar-refractivity contribution in [3.63, 3.8) is 0 Å². The first-order chi connectivity index (χ1) is 11.8. The Bertz CT molecular complexity index is 607. The molecule has 1 aromatic carbocycles. The zero-order valence-electron chi connectivity index (χ0n) is 15.4. The summed E-state index contributed by atoms with van der Waals surface area (Å²) in [5.74, 6) is -1.92. The Morgan fingerprint density at radius 2 is 1.64 bits per heavy atom. The fourth-order valence-corrected chi connectivity index (χ4v) is 2.57. The lowest BCUT2D eigenvalue weighted by molar-refractivity contribution is -0.140. The van der Waals surface area contributed by atoms with Crippen molar-refractivity contribution in [2.24, 2.45) is 5.92 Å². The molecule has 25 heavy (non-hydrogen) atoms. The predicted octanol–water partition coefficient (Wildman–Crippen LogP) is 2.79. The SMILES string of the molecule is CCCN(CCC)C(=O)c1cccc(C(=O)N[C@H](C(=O)O)C(C)C)c1. The Hall–Kier alpha value is -2.37. The van der Waals surface area contributed by atoms with E-state index in [9.17, 15) is 19.5 Å². The van der Waals surface area contributed by atoms with Gasteiger partial charge >= 0.3 is 5.97 Å². The van der Waals surface area contributed by atoms with E-state index in [2.05, 4.69) is 5.32 Å². The Labute approximate surface area is 149 Å². The molecule has 1 atom stereocenters. The largest absolute Gasteiger partial charge is 0.480 e. The van der Waals surface area contributed by atoms with E-state index in [1.807, 2.05) is 13.8 Å². The quantitative estimate of drug-likeness (QED) is 0.718. The molecule has 0 bridgehead atoms. The van der Waals surface area contributed by atoms with Crippen LogP contribution in [-0.2, 0) is 4.79 Å². The summed E-state index contributed by atoms with van der Waals surface area (Å²) in [5.41, 5.74) is 0.719. The van der Waals surface area contributed by atoms with E-state index in [0.717, 1.165) is 12.8 Å². The smallest absolute Gasteiger partial charge is 0.326 e. The Morgan fingerprint density at radius 1 is 1.08 bits per heavy atom. The first-order valence-electron chi connectivity index (χ1n) is 8.74. The number of rotatable bonds is 9. The van der Waals surface area contributed by atoms with Gasteiger partial charge in [-0.15, -0.1) is 0 Å². The first kappa shape index (κ1) is 20.7. The second-order valence-electron chi connectivity index (χ2n) is 6.41. The van der Waals surface area contributed by atoms with E-state index in [1.54, 1.807) is 36.9 Å². The molecule has 6 nitrogen and oxygen atoms in total. The number of carboxylic acids is 1. The van der Waals surface area contributed by atoms with Gasteiger partial charge < -0.3 is 15.3 Å². The van der Waals surface area contributed by atoms with Crippen LogP contribution in [0.25, 0.3) is 0 Å². The van der Waals surface area contributed by atoms with Gasteiger partial charge in [-0.1, -0.05) is 33.8 Å². The average molecular weight is 348 g/mol. The molecule has 0 heterocycles. The summed E-state index contributed by atoms with van der Waals surface area (Å²) in [5, 5.41) is 11.7. The molecule has 0 saturated carbocycles. The van der Waals surface area contributed by atoms with E-state index in [1.165, 1.54) is 6.07 Å². The van der Waals surface area contributed by atoms with Gasteiger partial charge in [0.15, 0.2) is 0 Å². The monoisotopic (exact) mass is 348 g/mol. The number of hydrogen-bond donors (Lipinski definition) is 2. The summed E-state index contributed by atoms with van der Waals surface area (Å²) in [7, 11) is 0. The minimum atomic E-state index is -1.08. The maximum Gasteiger partial charge on any atom is 0.326 e. The normalized spacial score (nSPS) is 11.9. The van der Waals surface area contributed by atoms with E-state index in [4.69, 9.17) is 0 Å². The molecule has 2 amide bonds. The minimum absolute atomic E-state index is 0.114. The molecule has 0 aromatic heterocycles. The van der Waals surface area contributed by atoms with Gasteiger partial charge in [0.25, 0.3) is 11.8 Å². The fraction of sp³-hybridized carbons (Fsp3) is 0.526. The van der Waals surface area contributed by atoms with Crippen LogP contribution in [0.15, 0.2) is 24.3 Å². The van der Waals surface area contributed by atoms with Gasteiger partial charge in [0.2, 0.25) is 0 Å². The van der Waals surface area contributed by atoms with Crippen LogP contribution in [-0.4, -0.2) is 46.9 Å². The molecular formula is C19H28N2O4. The molecule has 0 radical (unpaired) electrons. The number of amides is 2. The Kier molecular flexibility index (Phi) is 8.11. The molecule has 6 heteroatoms. The lowest BCUT2D eigenvalue weighted by Crippen LogP contribution is -2.44. The van der Waals surface area contributed by atoms with Crippen LogP contribution >= 0.6 is 0 Å². The van der Waals surface area contributed by atoms with E-state index in [0.29, 0.717) is 18.7 Å². The number of hydrogen-bond acceptors (Lipinski definition) is 3. The third-order valence-corrected chi connectivity index (χ3v) is 3.87. The number of carboxylic acid groups (broad SMARTS) is 1. The van der Waals surface area contributed by atoms with Crippen LogP contribution in [0.1, 0.15) is 61.3 Å². The van der Waals surface area contributed by atoms with Crippen molar-refractivity contribution < 1.29 is 19.5 Å². The number of carbonyl (C=O) groups excluding carboxylic acids is 2. The van der Waals surface area contributed by atoms with Crippen molar-refractivity contribution in [1.29, 1.82) is 0 Å². The molecule has 0 spiro atoms. The van der Waals surface area contributed by atoms with Crippen LogP contribution in [0.3, 0.4) is 0 Å². The van der Waals surface area contributed by atoms with Crippen molar-refractivity contribution >= 4 is 17.8 Å². The number of nitrogens with zero attached hydrogens (tertiary/aromatic N) is 1. The predicted molar refractivity (Wildman–Crippen MR) is 96.7 cm³/mol. The van der Waals surface area contributed by atoms with Crippen LogP contribution < -0.4 is 5.32 Å². The van der Waals surface area contributed by atoms with Gasteiger partial charge in [-0.05, 0) is 37.0 Å². The zero-order chi connectivity index (χ0) is 19.0. The van der Waals surface area contributed by atoms with Crippen LogP contribution in [0.5, 0.6) is 0 Å². The van der Waals surface area contributed by atoms with E-state index < -0.39 is 17.9 Å². The second-order valence-corrected chi connectivity index (χ2v) is 6.41. The lowest BCUT2D eigenvalue weighted by Gasteiger charge is -2.22. The third kappa shape index (κ3) is 5.89. The maximum atomic E-state index is 12.6. The van der Waals surface area contributed by atoms with Gasteiger partial charge in [-0.3, -0.25) is 9.59 Å². The highest BCUT2D eigenvalue weighted by Gasteiger charge is 2.24. The van der Waals surface area contributed by atoms with E-state index in [-0.39, 0.29) is 17.4 Å². The first-order valence-corrected chi connectivity index (χ1v) is 8.74. The van der Waals surface area contributed by atoms with Gasteiger partial charge in [0.1, 0.15) is 6.04 Å². The van der Waals surface area contributed by atoms with Gasteiger partial charge in [0, 0.05) is 24.2 Å². The topological polar surface area (TPSA) is 86.7 Å². The summed E-state index contributed by atoms with van der Waals surface area (Å²) in [6.07, 6.45) is 1.72. The van der Waals surface area contributed by atoms with Crippen molar-refractivity contribution in [2.45, 2.75) is 46.6 Å². The van der Waals surface area contributed by atoms with Gasteiger partial charge in [-0.25, -0.2) is 4.79 Å². The highest BCUT2D eigenvalue weighted by atomic mass is 16.4. The molecule has 1 aromatic rings. The minimum Gasteiger partial charge on any atom is -0.480 e. The second kappa shape index (κ2) is 9.81. The number of nitrogens with one attached hydrogen (secondary N) is 1. The molecule has 0 fully saturated rings. The molecule has 0 aliphatic heterocycles. The van der Waals surface area contributed by atoms with Gasteiger partial charge in [-0.2, -0.15) is 0 Å². The molecule has 0 aliphatic carbocycles. The van der Waals surface area contributed by atoms with Crippen molar-refractivity contribution in [3.8, 4) is 0 Å². The Balaban J connectivity index is 2.98. The highest BCUT2D eigenvalue weighted by Crippen LogP contribution is 2.11. The summed E-state index contributed by atoms with van der Waals surface area (Å²) in [6.45, 7) is 8.81. The third-order valence-electron chi connectivity index (χ3n) is 3.87.